The highest BCUT2D eigenvalue weighted by Gasteiger charge is 2.19. The number of esters is 1. The van der Waals surface area contributed by atoms with Gasteiger partial charge in [0.15, 0.2) is 0 Å². The maximum absolute atomic E-state index is 11.9. The van der Waals surface area contributed by atoms with Crippen molar-refractivity contribution in [2.45, 2.75) is 32.5 Å². The molecule has 2 rings (SSSR count). The van der Waals surface area contributed by atoms with Crippen LogP contribution in [0.4, 0.5) is 0 Å². The first-order chi connectivity index (χ1) is 8.96. The molecule has 1 saturated heterocycles. The minimum Gasteiger partial charge on any atom is -0.456 e. The molecule has 0 spiro atoms. The van der Waals surface area contributed by atoms with Crippen molar-refractivity contribution in [1.82, 2.24) is 5.32 Å². The van der Waals surface area contributed by atoms with Crippen LogP contribution in [-0.2, 0) is 9.47 Å². The molecule has 1 atom stereocenters. The summed E-state index contributed by atoms with van der Waals surface area (Å²) in [5.41, 5.74) is 1.19. The van der Waals surface area contributed by atoms with Crippen LogP contribution < -0.4 is 5.32 Å². The number of benzene rings is 1. The number of rotatable bonds is 2. The lowest BCUT2D eigenvalue weighted by Crippen LogP contribution is -2.33. The third-order valence-corrected chi connectivity index (χ3v) is 2.84. The Balaban J connectivity index is 2.03. The van der Waals surface area contributed by atoms with E-state index in [0.29, 0.717) is 5.56 Å². The number of morpholine rings is 1. The Bertz CT molecular complexity index is 428. The number of hydrogen-bond acceptors (Lipinski definition) is 4. The average Bonchev–Trinajstić information content (AvgIpc) is 2.38. The molecule has 0 saturated carbocycles. The van der Waals surface area contributed by atoms with Crippen molar-refractivity contribution in [3.05, 3.63) is 35.4 Å². The molecule has 19 heavy (non-hydrogen) atoms. The summed E-state index contributed by atoms with van der Waals surface area (Å²) in [6, 6.07) is 7.44. The zero-order valence-corrected chi connectivity index (χ0v) is 11.7. The first-order valence-corrected chi connectivity index (χ1v) is 6.61. The van der Waals surface area contributed by atoms with E-state index >= 15 is 0 Å². The maximum Gasteiger partial charge on any atom is 0.338 e. The van der Waals surface area contributed by atoms with Crippen LogP contribution in [0.5, 0.6) is 0 Å². The van der Waals surface area contributed by atoms with E-state index in [9.17, 15) is 4.79 Å². The van der Waals surface area contributed by atoms with E-state index in [1.807, 2.05) is 32.9 Å². The first-order valence-electron chi connectivity index (χ1n) is 6.61. The van der Waals surface area contributed by atoms with Gasteiger partial charge in [0.2, 0.25) is 0 Å². The lowest BCUT2D eigenvalue weighted by Gasteiger charge is -2.24. The predicted octanol–water partition coefficient (Wildman–Crippen LogP) is 2.30. The third kappa shape index (κ3) is 4.04. The number of ether oxygens (including phenoxy) is 2. The molecular weight excluding hydrogens is 242 g/mol. The lowest BCUT2D eigenvalue weighted by molar-refractivity contribution is 0.00687. The van der Waals surface area contributed by atoms with Gasteiger partial charge in [-0.2, -0.15) is 0 Å². The second-order valence-corrected chi connectivity index (χ2v) is 5.69. The average molecular weight is 263 g/mol. The van der Waals surface area contributed by atoms with Crippen molar-refractivity contribution in [1.29, 1.82) is 0 Å². The third-order valence-electron chi connectivity index (χ3n) is 2.84. The number of nitrogens with one attached hydrogen (secondary N) is 1. The normalized spacial score (nSPS) is 20.1. The van der Waals surface area contributed by atoms with E-state index < -0.39 is 5.60 Å². The number of carbonyl (C=O) groups excluding carboxylic acids is 1. The van der Waals surface area contributed by atoms with Gasteiger partial charge in [0, 0.05) is 13.1 Å². The molecule has 0 aliphatic carbocycles. The van der Waals surface area contributed by atoms with Crippen LogP contribution in [0.2, 0.25) is 0 Å². The summed E-state index contributed by atoms with van der Waals surface area (Å²) in [6.45, 7) is 8.01. The van der Waals surface area contributed by atoms with E-state index in [-0.39, 0.29) is 12.1 Å². The van der Waals surface area contributed by atoms with Crippen LogP contribution in [0.1, 0.15) is 42.8 Å². The van der Waals surface area contributed by atoms with Gasteiger partial charge in [-0.15, -0.1) is 0 Å². The number of hydrogen-bond donors (Lipinski definition) is 1. The van der Waals surface area contributed by atoms with Gasteiger partial charge < -0.3 is 14.8 Å². The summed E-state index contributed by atoms with van der Waals surface area (Å²) in [5.74, 6) is -0.290. The fraction of sp³-hybridized carbons (Fsp3) is 0.533. The van der Waals surface area contributed by atoms with Crippen molar-refractivity contribution in [2.24, 2.45) is 0 Å². The standard InChI is InChI=1S/C15H21NO3/c1-15(2,3)19-14(17)12-6-4-11(5-7-12)13-10-16-8-9-18-13/h4-7,13,16H,8-10H2,1-3H3. The van der Waals surface area contributed by atoms with Gasteiger partial charge in [-0.1, -0.05) is 12.1 Å². The van der Waals surface area contributed by atoms with Crippen LogP contribution in [-0.4, -0.2) is 31.3 Å². The Morgan fingerprint density at radius 1 is 1.32 bits per heavy atom. The van der Waals surface area contributed by atoms with Crippen molar-refractivity contribution >= 4 is 5.97 Å². The Hall–Kier alpha value is -1.39. The molecule has 1 N–H and O–H groups in total. The van der Waals surface area contributed by atoms with Crippen molar-refractivity contribution < 1.29 is 14.3 Å². The van der Waals surface area contributed by atoms with Crippen LogP contribution in [0.25, 0.3) is 0 Å². The molecule has 1 heterocycles. The van der Waals surface area contributed by atoms with Gasteiger partial charge in [0.1, 0.15) is 5.60 Å². The van der Waals surface area contributed by atoms with Gasteiger partial charge in [0.25, 0.3) is 0 Å². The monoisotopic (exact) mass is 263 g/mol. The molecule has 4 heteroatoms. The van der Waals surface area contributed by atoms with E-state index in [2.05, 4.69) is 5.32 Å². The molecule has 1 unspecified atom stereocenters. The Kier molecular flexibility index (Phi) is 4.22. The Labute approximate surface area is 114 Å². The molecule has 0 radical (unpaired) electrons. The highest BCUT2D eigenvalue weighted by Crippen LogP contribution is 2.20. The molecule has 104 valence electrons. The second kappa shape index (κ2) is 5.72. The van der Waals surface area contributed by atoms with Gasteiger partial charge >= 0.3 is 5.97 Å². The largest absolute Gasteiger partial charge is 0.456 e. The van der Waals surface area contributed by atoms with Crippen LogP contribution in [0.3, 0.4) is 0 Å². The van der Waals surface area contributed by atoms with E-state index in [0.717, 1.165) is 25.3 Å². The molecule has 1 fully saturated rings. The van der Waals surface area contributed by atoms with E-state index in [4.69, 9.17) is 9.47 Å². The van der Waals surface area contributed by atoms with Crippen molar-refractivity contribution in [3.63, 3.8) is 0 Å². The van der Waals surface area contributed by atoms with Gasteiger partial charge in [0.05, 0.1) is 18.3 Å². The van der Waals surface area contributed by atoms with Crippen molar-refractivity contribution in [3.8, 4) is 0 Å². The quantitative estimate of drug-likeness (QED) is 0.832. The maximum atomic E-state index is 11.9. The van der Waals surface area contributed by atoms with Crippen LogP contribution in [0, 0.1) is 0 Å². The highest BCUT2D eigenvalue weighted by molar-refractivity contribution is 5.89. The fourth-order valence-corrected chi connectivity index (χ4v) is 1.95. The van der Waals surface area contributed by atoms with E-state index in [1.165, 1.54) is 0 Å². The second-order valence-electron chi connectivity index (χ2n) is 5.69. The zero-order chi connectivity index (χ0) is 13.9. The molecule has 0 aromatic heterocycles. The summed E-state index contributed by atoms with van der Waals surface area (Å²) in [6.07, 6.45) is 0.0708. The first kappa shape index (κ1) is 14.0. The zero-order valence-electron chi connectivity index (χ0n) is 11.7. The van der Waals surface area contributed by atoms with Gasteiger partial charge in [-0.05, 0) is 38.5 Å². The highest BCUT2D eigenvalue weighted by atomic mass is 16.6. The minimum absolute atomic E-state index is 0.0708. The minimum atomic E-state index is -0.466. The molecule has 1 aromatic carbocycles. The summed E-state index contributed by atoms with van der Waals surface area (Å²) in [5, 5.41) is 3.29. The van der Waals surface area contributed by atoms with Crippen LogP contribution in [0.15, 0.2) is 24.3 Å². The molecule has 1 aliphatic heterocycles. The molecule has 0 amide bonds. The summed E-state index contributed by atoms with van der Waals surface area (Å²) >= 11 is 0. The van der Waals surface area contributed by atoms with E-state index in [1.54, 1.807) is 12.1 Å². The SMILES string of the molecule is CC(C)(C)OC(=O)c1ccc(C2CNCCO2)cc1. The van der Waals surface area contributed by atoms with Gasteiger partial charge in [-0.3, -0.25) is 0 Å². The van der Waals surface area contributed by atoms with Gasteiger partial charge in [-0.25, -0.2) is 4.79 Å². The number of carbonyl (C=O) groups is 1. The van der Waals surface area contributed by atoms with Crippen LogP contribution >= 0.6 is 0 Å². The molecule has 1 aliphatic rings. The summed E-state index contributed by atoms with van der Waals surface area (Å²) < 4.78 is 11.0. The molecular formula is C15H21NO3. The lowest BCUT2D eigenvalue weighted by atomic mass is 10.1. The molecule has 4 nitrogen and oxygen atoms in total. The van der Waals surface area contributed by atoms with Crippen molar-refractivity contribution in [2.75, 3.05) is 19.7 Å². The molecule has 1 aromatic rings. The summed E-state index contributed by atoms with van der Waals surface area (Å²) in [4.78, 5) is 11.9. The topological polar surface area (TPSA) is 47.6 Å². The Morgan fingerprint density at radius 2 is 2.00 bits per heavy atom. The molecule has 0 bridgehead atoms. The predicted molar refractivity (Wildman–Crippen MR) is 73.2 cm³/mol. The Morgan fingerprint density at radius 3 is 2.53 bits per heavy atom. The fourth-order valence-electron chi connectivity index (χ4n) is 1.95. The summed E-state index contributed by atoms with van der Waals surface area (Å²) in [7, 11) is 0. The smallest absolute Gasteiger partial charge is 0.338 e.